The second-order valence-corrected chi connectivity index (χ2v) is 6.07. The third-order valence-electron chi connectivity index (χ3n) is 3.98. The van der Waals surface area contributed by atoms with Gasteiger partial charge in [-0.1, -0.05) is 96.8 Å². The van der Waals surface area contributed by atoms with Crippen LogP contribution in [-0.4, -0.2) is 5.97 Å². The van der Waals surface area contributed by atoms with Crippen LogP contribution >= 0.6 is 0 Å². The van der Waals surface area contributed by atoms with Gasteiger partial charge in [-0.3, -0.25) is 0 Å². The SMILES string of the molecule is CCCCCCCCCCCCCCCCCC(=O)[O-].[Cl-].[NH4+]. The summed E-state index contributed by atoms with van der Waals surface area (Å²) in [6, 6.07) is 0. The molecule has 0 aromatic carbocycles. The smallest absolute Gasteiger partial charge is 0.0414 e. The quantitative estimate of drug-likeness (QED) is 0.439. The molecule has 0 aromatic heterocycles. The third-order valence-corrected chi connectivity index (χ3v) is 3.98. The first kappa shape index (κ1) is 26.6. The summed E-state index contributed by atoms with van der Waals surface area (Å²) in [5.41, 5.74) is 0. The Balaban J connectivity index is -0.00000180. The summed E-state index contributed by atoms with van der Waals surface area (Å²) in [5, 5.41) is 10.2. The van der Waals surface area contributed by atoms with Gasteiger partial charge in [0.1, 0.15) is 0 Å². The number of halogens is 1. The zero-order valence-electron chi connectivity index (χ0n) is 15.0. The molecule has 0 fully saturated rings. The summed E-state index contributed by atoms with van der Waals surface area (Å²) in [7, 11) is 0. The van der Waals surface area contributed by atoms with Gasteiger partial charge < -0.3 is 28.5 Å². The Morgan fingerprint density at radius 1 is 0.636 bits per heavy atom. The van der Waals surface area contributed by atoms with Gasteiger partial charge in [0.05, 0.1) is 0 Å². The average Bonchev–Trinajstić information content (AvgIpc) is 2.43. The maximum absolute atomic E-state index is 10.2. The van der Waals surface area contributed by atoms with Crippen LogP contribution in [0.15, 0.2) is 0 Å². The van der Waals surface area contributed by atoms with E-state index in [0.717, 1.165) is 12.8 Å². The number of carbonyl (C=O) groups excluding carboxylic acids is 1. The maximum Gasteiger partial charge on any atom is 0.0414 e. The Bertz CT molecular complexity index is 213. The molecule has 0 aliphatic carbocycles. The molecule has 3 nitrogen and oxygen atoms in total. The maximum atomic E-state index is 10.2. The molecule has 0 aromatic rings. The minimum absolute atomic E-state index is 0. The van der Waals surface area contributed by atoms with Gasteiger partial charge in [-0.25, -0.2) is 0 Å². The summed E-state index contributed by atoms with van der Waals surface area (Å²) in [4.78, 5) is 10.2. The number of unbranched alkanes of at least 4 members (excludes halogenated alkanes) is 14. The highest BCUT2D eigenvalue weighted by atomic mass is 35.5. The number of aliphatic carboxylic acids is 1. The number of hydrogen-bond acceptors (Lipinski definition) is 2. The molecule has 0 radical (unpaired) electrons. The molecule has 0 bridgehead atoms. The first-order chi connectivity index (χ1) is 9.77. The van der Waals surface area contributed by atoms with E-state index in [1.54, 1.807) is 0 Å². The number of carboxylic acids is 1. The van der Waals surface area contributed by atoms with Crippen LogP contribution in [0.25, 0.3) is 0 Å². The van der Waals surface area contributed by atoms with Crippen LogP contribution < -0.4 is 23.7 Å². The standard InChI is InChI=1S/C18H36O2.ClH.H3N/c1-2-3-4-5-6-7-8-9-10-11-12-13-14-15-16-17-18(19)20;;/h2-17H2,1H3,(H,19,20);1H;1H3/p-1. The van der Waals surface area contributed by atoms with Gasteiger partial charge in [-0.15, -0.1) is 0 Å². The lowest BCUT2D eigenvalue weighted by atomic mass is 10.0. The average molecular weight is 337 g/mol. The van der Waals surface area contributed by atoms with Gasteiger partial charge >= 0.3 is 0 Å². The predicted octanol–water partition coefficient (Wildman–Crippen LogP) is 2.38. The molecule has 0 saturated carbocycles. The first-order valence-electron chi connectivity index (χ1n) is 8.97. The Morgan fingerprint density at radius 2 is 0.909 bits per heavy atom. The van der Waals surface area contributed by atoms with Gasteiger partial charge in [0, 0.05) is 5.97 Å². The molecule has 0 spiro atoms. The lowest BCUT2D eigenvalue weighted by Gasteiger charge is -2.04. The van der Waals surface area contributed by atoms with Gasteiger partial charge in [0.2, 0.25) is 0 Å². The molecular weight excluding hydrogens is 298 g/mol. The topological polar surface area (TPSA) is 76.6 Å². The van der Waals surface area contributed by atoms with Crippen molar-refractivity contribution in [3.63, 3.8) is 0 Å². The van der Waals surface area contributed by atoms with E-state index in [9.17, 15) is 9.90 Å². The minimum Gasteiger partial charge on any atom is -1.00 e. The zero-order chi connectivity index (χ0) is 14.9. The van der Waals surface area contributed by atoms with E-state index in [-0.39, 0.29) is 25.0 Å². The van der Waals surface area contributed by atoms with Crippen molar-refractivity contribution in [3.05, 3.63) is 0 Å². The van der Waals surface area contributed by atoms with Crippen LogP contribution in [0.4, 0.5) is 0 Å². The molecule has 0 heterocycles. The van der Waals surface area contributed by atoms with Gasteiger partial charge in [-0.05, 0) is 12.8 Å². The van der Waals surface area contributed by atoms with Crippen LogP contribution in [0, 0.1) is 0 Å². The lowest BCUT2D eigenvalue weighted by Crippen LogP contribution is -3.00. The third kappa shape index (κ3) is 24.7. The van der Waals surface area contributed by atoms with Crippen LogP contribution in [0.2, 0.25) is 0 Å². The highest BCUT2D eigenvalue weighted by Gasteiger charge is 1.94. The molecule has 22 heavy (non-hydrogen) atoms. The summed E-state index contributed by atoms with van der Waals surface area (Å²) in [6.07, 6.45) is 19.9. The lowest BCUT2D eigenvalue weighted by molar-refractivity contribution is -0.305. The van der Waals surface area contributed by atoms with Crippen LogP contribution in [0.3, 0.4) is 0 Å². The molecule has 0 aliphatic heterocycles. The van der Waals surface area contributed by atoms with Gasteiger partial charge in [0.25, 0.3) is 0 Å². The van der Waals surface area contributed by atoms with Crippen LogP contribution in [0.5, 0.6) is 0 Å². The molecule has 0 amide bonds. The molecule has 4 N–H and O–H groups in total. The minimum atomic E-state index is -0.903. The normalized spacial score (nSPS) is 9.86. The van der Waals surface area contributed by atoms with E-state index in [4.69, 9.17) is 0 Å². The van der Waals surface area contributed by atoms with Crippen LogP contribution in [-0.2, 0) is 4.79 Å². The Hall–Kier alpha value is -0.280. The van der Waals surface area contributed by atoms with E-state index >= 15 is 0 Å². The molecule has 4 heteroatoms. The van der Waals surface area contributed by atoms with Crippen molar-refractivity contribution >= 4 is 5.97 Å². The van der Waals surface area contributed by atoms with Crippen molar-refractivity contribution in [1.29, 1.82) is 0 Å². The molecule has 0 rings (SSSR count). The Morgan fingerprint density at radius 3 is 1.18 bits per heavy atom. The first-order valence-corrected chi connectivity index (χ1v) is 8.97. The number of rotatable bonds is 16. The Kier molecular flexibility index (Phi) is 27.8. The van der Waals surface area contributed by atoms with Crippen molar-refractivity contribution in [2.24, 2.45) is 0 Å². The van der Waals surface area contributed by atoms with Crippen LogP contribution in [0.1, 0.15) is 110 Å². The van der Waals surface area contributed by atoms with E-state index in [1.165, 1.54) is 83.5 Å². The van der Waals surface area contributed by atoms with E-state index in [1.807, 2.05) is 0 Å². The molecule has 0 unspecified atom stereocenters. The summed E-state index contributed by atoms with van der Waals surface area (Å²) < 4.78 is 0. The summed E-state index contributed by atoms with van der Waals surface area (Å²) in [5.74, 6) is -0.903. The second kappa shape index (κ2) is 23.0. The Labute approximate surface area is 144 Å². The fourth-order valence-corrected chi connectivity index (χ4v) is 2.64. The highest BCUT2D eigenvalue weighted by Crippen LogP contribution is 2.13. The van der Waals surface area contributed by atoms with Crippen molar-refractivity contribution in [3.8, 4) is 0 Å². The molecule has 0 aliphatic rings. The number of quaternary nitrogens is 1. The van der Waals surface area contributed by atoms with Crippen molar-refractivity contribution in [2.75, 3.05) is 0 Å². The molecule has 136 valence electrons. The van der Waals surface area contributed by atoms with Crippen molar-refractivity contribution in [2.45, 2.75) is 110 Å². The fourth-order valence-electron chi connectivity index (χ4n) is 2.64. The molecule has 0 atom stereocenters. The monoisotopic (exact) mass is 336 g/mol. The number of carbonyl (C=O) groups is 1. The zero-order valence-corrected chi connectivity index (χ0v) is 15.8. The second-order valence-electron chi connectivity index (χ2n) is 6.07. The number of hydrogen-bond donors (Lipinski definition) is 1. The highest BCUT2D eigenvalue weighted by molar-refractivity contribution is 5.63. The predicted molar refractivity (Wildman–Crippen MR) is 90.5 cm³/mol. The summed E-state index contributed by atoms with van der Waals surface area (Å²) >= 11 is 0. The fraction of sp³-hybridized carbons (Fsp3) is 0.944. The summed E-state index contributed by atoms with van der Waals surface area (Å²) in [6.45, 7) is 2.27. The largest absolute Gasteiger partial charge is 1.00 e. The van der Waals surface area contributed by atoms with Gasteiger partial charge in [0.15, 0.2) is 0 Å². The van der Waals surface area contributed by atoms with Crippen molar-refractivity contribution in [1.82, 2.24) is 6.15 Å². The van der Waals surface area contributed by atoms with Crippen molar-refractivity contribution < 1.29 is 22.3 Å². The van der Waals surface area contributed by atoms with E-state index in [0.29, 0.717) is 0 Å². The molecule has 0 saturated heterocycles. The van der Waals surface area contributed by atoms with E-state index in [2.05, 4.69) is 6.92 Å². The molecular formula is C18H39ClNO2-. The van der Waals surface area contributed by atoms with E-state index < -0.39 is 5.97 Å². The van der Waals surface area contributed by atoms with Gasteiger partial charge in [-0.2, -0.15) is 0 Å². The number of carboxylic acid groups (broad SMARTS) is 1.